The second-order valence-electron chi connectivity index (χ2n) is 3.58. The number of thiazole rings is 1. The van der Waals surface area contributed by atoms with Crippen molar-refractivity contribution in [1.29, 1.82) is 0 Å². The molecule has 0 saturated carbocycles. The van der Waals surface area contributed by atoms with E-state index in [0.717, 1.165) is 28.3 Å². The molecular weight excluding hydrogens is 220 g/mol. The van der Waals surface area contributed by atoms with Crippen molar-refractivity contribution in [3.63, 3.8) is 0 Å². The molecule has 0 amide bonds. The van der Waals surface area contributed by atoms with Gasteiger partial charge < -0.3 is 5.73 Å². The van der Waals surface area contributed by atoms with E-state index in [1.807, 2.05) is 28.2 Å². The maximum atomic E-state index is 5.87. The van der Waals surface area contributed by atoms with Crippen molar-refractivity contribution in [3.05, 3.63) is 47.5 Å². The molecule has 0 unspecified atom stereocenters. The Morgan fingerprint density at radius 2 is 2.38 bits per heavy atom. The summed E-state index contributed by atoms with van der Waals surface area (Å²) in [5.74, 6) is 0. The third kappa shape index (κ3) is 1.55. The van der Waals surface area contributed by atoms with Crippen LogP contribution in [0.15, 0.2) is 36.2 Å². The van der Waals surface area contributed by atoms with Gasteiger partial charge in [0.05, 0.1) is 5.69 Å². The minimum Gasteiger partial charge on any atom is -0.398 e. The van der Waals surface area contributed by atoms with Gasteiger partial charge in [0.2, 0.25) is 0 Å². The molecule has 0 spiro atoms. The molecule has 3 heterocycles. The van der Waals surface area contributed by atoms with Crippen LogP contribution in [0.1, 0.15) is 11.3 Å². The topological polar surface area (TPSA) is 56.2 Å². The summed E-state index contributed by atoms with van der Waals surface area (Å²) < 4.78 is 2.02. The molecule has 0 aliphatic rings. The molecule has 0 atom stereocenters. The van der Waals surface area contributed by atoms with Crippen LogP contribution in [-0.4, -0.2) is 14.4 Å². The van der Waals surface area contributed by atoms with Gasteiger partial charge in [-0.05, 0) is 11.6 Å². The lowest BCUT2D eigenvalue weighted by atomic mass is 10.1. The lowest BCUT2D eigenvalue weighted by molar-refractivity contribution is 1.09. The molecule has 0 aromatic carbocycles. The van der Waals surface area contributed by atoms with E-state index < -0.39 is 0 Å². The van der Waals surface area contributed by atoms with Crippen molar-refractivity contribution >= 4 is 22.0 Å². The van der Waals surface area contributed by atoms with E-state index in [2.05, 4.69) is 9.97 Å². The number of nitrogen functional groups attached to an aromatic ring is 1. The standard InChI is InChI=1S/C11H10N4S/c12-10-1-2-13-6-8(10)5-9-7-15-3-4-16-11(15)14-9/h1-4,6-7H,5H2,(H2,12,13). The first-order chi connectivity index (χ1) is 7.83. The number of anilines is 1. The van der Waals surface area contributed by atoms with E-state index in [-0.39, 0.29) is 0 Å². The predicted octanol–water partition coefficient (Wildman–Crippen LogP) is 1.96. The van der Waals surface area contributed by atoms with Crippen molar-refractivity contribution < 1.29 is 0 Å². The van der Waals surface area contributed by atoms with Crippen molar-refractivity contribution in [1.82, 2.24) is 14.4 Å². The van der Waals surface area contributed by atoms with Crippen LogP contribution in [0.3, 0.4) is 0 Å². The largest absolute Gasteiger partial charge is 0.398 e. The van der Waals surface area contributed by atoms with Gasteiger partial charge in [0, 0.05) is 42.3 Å². The van der Waals surface area contributed by atoms with Crippen LogP contribution < -0.4 is 5.73 Å². The molecule has 0 radical (unpaired) electrons. The van der Waals surface area contributed by atoms with Crippen LogP contribution in [-0.2, 0) is 6.42 Å². The lowest BCUT2D eigenvalue weighted by Crippen LogP contribution is -1.96. The number of hydrogen-bond acceptors (Lipinski definition) is 4. The number of rotatable bonds is 2. The van der Waals surface area contributed by atoms with Crippen LogP contribution in [0.25, 0.3) is 4.96 Å². The molecule has 3 aromatic heterocycles. The van der Waals surface area contributed by atoms with Gasteiger partial charge in [-0.2, -0.15) is 0 Å². The Bertz CT molecular complexity index is 597. The number of nitrogens with zero attached hydrogens (tertiary/aromatic N) is 3. The number of imidazole rings is 1. The van der Waals surface area contributed by atoms with Gasteiger partial charge in [-0.15, -0.1) is 11.3 Å². The summed E-state index contributed by atoms with van der Waals surface area (Å²) in [6.45, 7) is 0. The average molecular weight is 230 g/mol. The number of nitrogens with two attached hydrogens (primary N) is 1. The highest BCUT2D eigenvalue weighted by Gasteiger charge is 2.05. The van der Waals surface area contributed by atoms with Gasteiger partial charge in [-0.25, -0.2) is 4.98 Å². The monoisotopic (exact) mass is 230 g/mol. The van der Waals surface area contributed by atoms with E-state index in [4.69, 9.17) is 5.73 Å². The lowest BCUT2D eigenvalue weighted by Gasteiger charge is -2.01. The molecule has 80 valence electrons. The zero-order chi connectivity index (χ0) is 11.0. The number of hydrogen-bond donors (Lipinski definition) is 1. The number of aromatic nitrogens is 3. The third-order valence-electron chi connectivity index (χ3n) is 2.46. The van der Waals surface area contributed by atoms with Crippen LogP contribution in [0, 0.1) is 0 Å². The van der Waals surface area contributed by atoms with E-state index >= 15 is 0 Å². The quantitative estimate of drug-likeness (QED) is 0.732. The first kappa shape index (κ1) is 9.35. The average Bonchev–Trinajstić information content (AvgIpc) is 2.81. The van der Waals surface area contributed by atoms with Crippen LogP contribution in [0.4, 0.5) is 5.69 Å². The Labute approximate surface area is 96.4 Å². The Hall–Kier alpha value is -1.88. The SMILES string of the molecule is Nc1ccncc1Cc1cn2ccsc2n1. The molecular formula is C11H10N4S. The Morgan fingerprint density at radius 3 is 3.19 bits per heavy atom. The fourth-order valence-corrected chi connectivity index (χ4v) is 2.36. The van der Waals surface area contributed by atoms with Gasteiger partial charge in [-0.3, -0.25) is 9.38 Å². The van der Waals surface area contributed by atoms with Gasteiger partial charge in [-0.1, -0.05) is 0 Å². The minimum absolute atomic E-state index is 0.730. The molecule has 4 nitrogen and oxygen atoms in total. The van der Waals surface area contributed by atoms with E-state index in [9.17, 15) is 0 Å². The highest BCUT2D eigenvalue weighted by atomic mass is 32.1. The maximum absolute atomic E-state index is 5.87. The van der Waals surface area contributed by atoms with Gasteiger partial charge in [0.15, 0.2) is 4.96 Å². The zero-order valence-electron chi connectivity index (χ0n) is 8.50. The first-order valence-electron chi connectivity index (χ1n) is 4.92. The van der Waals surface area contributed by atoms with Crippen molar-refractivity contribution in [2.45, 2.75) is 6.42 Å². The van der Waals surface area contributed by atoms with E-state index in [1.165, 1.54) is 0 Å². The fraction of sp³-hybridized carbons (Fsp3) is 0.0909. The maximum Gasteiger partial charge on any atom is 0.193 e. The van der Waals surface area contributed by atoms with E-state index in [1.54, 1.807) is 23.7 Å². The molecule has 0 aliphatic heterocycles. The summed E-state index contributed by atoms with van der Waals surface area (Å²) in [4.78, 5) is 9.59. The van der Waals surface area contributed by atoms with Crippen molar-refractivity contribution in [2.24, 2.45) is 0 Å². The van der Waals surface area contributed by atoms with Crippen molar-refractivity contribution in [2.75, 3.05) is 5.73 Å². The molecule has 16 heavy (non-hydrogen) atoms. The van der Waals surface area contributed by atoms with Gasteiger partial charge in [0.25, 0.3) is 0 Å². The van der Waals surface area contributed by atoms with Gasteiger partial charge in [0.1, 0.15) is 0 Å². The molecule has 0 aliphatic carbocycles. The molecule has 3 aromatic rings. The summed E-state index contributed by atoms with van der Waals surface area (Å²) in [5.41, 5.74) is 8.68. The van der Waals surface area contributed by atoms with Crippen LogP contribution in [0.2, 0.25) is 0 Å². The molecule has 0 fully saturated rings. The molecule has 0 bridgehead atoms. The summed E-state index contributed by atoms with van der Waals surface area (Å²) in [7, 11) is 0. The summed E-state index contributed by atoms with van der Waals surface area (Å²) in [5, 5.41) is 2.02. The second-order valence-corrected chi connectivity index (χ2v) is 4.45. The zero-order valence-corrected chi connectivity index (χ0v) is 9.31. The van der Waals surface area contributed by atoms with Crippen LogP contribution in [0.5, 0.6) is 0 Å². The Morgan fingerprint density at radius 1 is 1.44 bits per heavy atom. The summed E-state index contributed by atoms with van der Waals surface area (Å²) >= 11 is 1.63. The minimum atomic E-state index is 0.730. The first-order valence-corrected chi connectivity index (χ1v) is 5.80. The molecule has 0 saturated heterocycles. The molecule has 2 N–H and O–H groups in total. The predicted molar refractivity (Wildman–Crippen MR) is 64.5 cm³/mol. The highest BCUT2D eigenvalue weighted by Crippen LogP contribution is 2.17. The molecule has 3 rings (SSSR count). The molecule has 5 heteroatoms. The highest BCUT2D eigenvalue weighted by molar-refractivity contribution is 7.15. The summed E-state index contributed by atoms with van der Waals surface area (Å²) in [6.07, 6.45) is 8.25. The Balaban J connectivity index is 1.95. The second kappa shape index (κ2) is 3.61. The fourth-order valence-electron chi connectivity index (χ4n) is 1.64. The number of pyridine rings is 1. The third-order valence-corrected chi connectivity index (χ3v) is 3.23. The normalized spacial score (nSPS) is 11.0. The van der Waals surface area contributed by atoms with Gasteiger partial charge >= 0.3 is 0 Å². The smallest absolute Gasteiger partial charge is 0.193 e. The summed E-state index contributed by atoms with van der Waals surface area (Å²) in [6, 6.07) is 1.81. The number of fused-ring (bicyclic) bond motifs is 1. The van der Waals surface area contributed by atoms with Crippen LogP contribution >= 0.6 is 11.3 Å². The van der Waals surface area contributed by atoms with E-state index in [0.29, 0.717) is 0 Å². The Kier molecular flexibility index (Phi) is 2.11. The van der Waals surface area contributed by atoms with Crippen molar-refractivity contribution in [3.8, 4) is 0 Å².